The van der Waals surface area contributed by atoms with E-state index in [-0.39, 0.29) is 30.7 Å². The van der Waals surface area contributed by atoms with Crippen LogP contribution in [0.25, 0.3) is 0 Å². The molecule has 5 nitrogen and oxygen atoms in total. The molecule has 1 amide bonds. The van der Waals surface area contributed by atoms with Crippen LogP contribution in [-0.2, 0) is 0 Å². The first-order chi connectivity index (χ1) is 11.3. The molecule has 2 fully saturated rings. The Morgan fingerprint density at radius 1 is 1.20 bits per heavy atom. The first kappa shape index (κ1) is 22.0. The van der Waals surface area contributed by atoms with E-state index in [1.165, 1.54) is 12.8 Å². The molecule has 0 atom stereocenters. The molecule has 0 radical (unpaired) electrons. The lowest BCUT2D eigenvalue weighted by molar-refractivity contribution is 0.0690. The summed E-state index contributed by atoms with van der Waals surface area (Å²) >= 11 is 0. The van der Waals surface area contributed by atoms with Gasteiger partial charge in [0.1, 0.15) is 5.82 Å². The zero-order chi connectivity index (χ0) is 16.1. The molecule has 0 bridgehead atoms. The van der Waals surface area contributed by atoms with Crippen molar-refractivity contribution in [2.45, 2.75) is 32.6 Å². The highest BCUT2D eigenvalue weighted by molar-refractivity contribution is 5.99. The molecule has 3 heterocycles. The quantitative estimate of drug-likeness (QED) is 0.841. The van der Waals surface area contributed by atoms with Crippen molar-refractivity contribution in [3.8, 4) is 0 Å². The molecule has 3 rings (SSSR count). The Morgan fingerprint density at radius 3 is 2.52 bits per heavy atom. The average Bonchev–Trinajstić information content (AvgIpc) is 3.14. The molecule has 25 heavy (non-hydrogen) atoms. The summed E-state index contributed by atoms with van der Waals surface area (Å²) in [5.41, 5.74) is 0.777. The van der Waals surface area contributed by atoms with Crippen molar-refractivity contribution in [2.24, 2.45) is 5.92 Å². The highest BCUT2D eigenvalue weighted by Crippen LogP contribution is 2.25. The number of nitrogens with one attached hydrogen (secondary N) is 1. The molecule has 142 valence electrons. The van der Waals surface area contributed by atoms with Crippen LogP contribution in [0.2, 0.25) is 0 Å². The summed E-state index contributed by atoms with van der Waals surface area (Å²) in [7, 11) is 0. The lowest BCUT2D eigenvalue weighted by Crippen LogP contribution is -2.41. The van der Waals surface area contributed by atoms with E-state index < -0.39 is 0 Å². The van der Waals surface area contributed by atoms with Crippen molar-refractivity contribution < 1.29 is 4.79 Å². The average molecular weight is 389 g/mol. The van der Waals surface area contributed by atoms with E-state index in [1.54, 1.807) is 6.20 Å². The smallest absolute Gasteiger partial charge is 0.257 e. The molecule has 1 N–H and O–H groups in total. The summed E-state index contributed by atoms with van der Waals surface area (Å²) in [5, 5.41) is 3.42. The standard InChI is InChI=1S/C18H28N4O.2ClH/c1-2-19-14-15-7-12-22(13-8-15)18(23)16-6-5-9-20-17(16)21-10-3-4-11-21;;/h5-6,9,15,19H,2-4,7-8,10-14H2,1H3;2*1H. The maximum absolute atomic E-state index is 12.9. The first-order valence-electron chi connectivity index (χ1n) is 8.99. The number of carbonyl (C=O) groups is 1. The van der Waals surface area contributed by atoms with Crippen LogP contribution in [0.5, 0.6) is 0 Å². The monoisotopic (exact) mass is 388 g/mol. The third-order valence-electron chi connectivity index (χ3n) is 5.01. The van der Waals surface area contributed by atoms with Gasteiger partial charge in [0.15, 0.2) is 0 Å². The summed E-state index contributed by atoms with van der Waals surface area (Å²) in [6, 6.07) is 3.82. The molecule has 1 aromatic rings. The lowest BCUT2D eigenvalue weighted by Gasteiger charge is -2.33. The van der Waals surface area contributed by atoms with Crippen LogP contribution in [-0.4, -0.2) is 55.1 Å². The largest absolute Gasteiger partial charge is 0.356 e. The third-order valence-corrected chi connectivity index (χ3v) is 5.01. The number of hydrogen-bond acceptors (Lipinski definition) is 4. The lowest BCUT2D eigenvalue weighted by atomic mass is 9.96. The predicted molar refractivity (Wildman–Crippen MR) is 107 cm³/mol. The number of aromatic nitrogens is 1. The van der Waals surface area contributed by atoms with E-state index in [0.717, 1.165) is 63.5 Å². The van der Waals surface area contributed by atoms with Gasteiger partial charge in [0.25, 0.3) is 5.91 Å². The van der Waals surface area contributed by atoms with Gasteiger partial charge in [-0.15, -0.1) is 24.8 Å². The molecule has 2 aliphatic rings. The Labute approximate surface area is 163 Å². The fraction of sp³-hybridized carbons (Fsp3) is 0.667. The number of pyridine rings is 1. The normalized spacial score (nSPS) is 17.8. The van der Waals surface area contributed by atoms with Gasteiger partial charge < -0.3 is 15.1 Å². The SMILES string of the molecule is CCNCC1CCN(C(=O)c2cccnc2N2CCCC2)CC1.Cl.Cl. The number of hydrogen-bond donors (Lipinski definition) is 1. The van der Waals surface area contributed by atoms with E-state index >= 15 is 0 Å². The second-order valence-corrected chi connectivity index (χ2v) is 6.61. The zero-order valence-electron chi connectivity index (χ0n) is 14.9. The number of carbonyl (C=O) groups excluding carboxylic acids is 1. The fourth-order valence-electron chi connectivity index (χ4n) is 3.60. The van der Waals surface area contributed by atoms with Crippen LogP contribution in [0.15, 0.2) is 18.3 Å². The summed E-state index contributed by atoms with van der Waals surface area (Å²) < 4.78 is 0. The number of halogens is 2. The van der Waals surface area contributed by atoms with Crippen LogP contribution < -0.4 is 10.2 Å². The predicted octanol–water partition coefficient (Wildman–Crippen LogP) is 2.99. The molecule has 0 aromatic carbocycles. The van der Waals surface area contributed by atoms with E-state index in [4.69, 9.17) is 0 Å². The molecule has 1 aromatic heterocycles. The number of rotatable bonds is 5. The molecule has 0 aliphatic carbocycles. The van der Waals surface area contributed by atoms with Crippen molar-refractivity contribution >= 4 is 36.5 Å². The van der Waals surface area contributed by atoms with Gasteiger partial charge in [-0.1, -0.05) is 6.92 Å². The van der Waals surface area contributed by atoms with E-state index in [1.807, 2.05) is 17.0 Å². The summed E-state index contributed by atoms with van der Waals surface area (Å²) in [6.45, 7) is 8.00. The molecule has 0 saturated carbocycles. The van der Waals surface area contributed by atoms with Crippen molar-refractivity contribution in [1.82, 2.24) is 15.2 Å². The summed E-state index contributed by atoms with van der Waals surface area (Å²) in [5.74, 6) is 1.73. The van der Waals surface area contributed by atoms with E-state index in [2.05, 4.69) is 22.1 Å². The second-order valence-electron chi connectivity index (χ2n) is 6.61. The number of nitrogens with zero attached hydrogens (tertiary/aromatic N) is 3. The van der Waals surface area contributed by atoms with E-state index in [0.29, 0.717) is 5.92 Å². The second kappa shape index (κ2) is 10.8. The topological polar surface area (TPSA) is 48.5 Å². The Balaban J connectivity index is 0.00000156. The minimum absolute atomic E-state index is 0. The number of anilines is 1. The van der Waals surface area contributed by atoms with Crippen molar-refractivity contribution in [3.63, 3.8) is 0 Å². The van der Waals surface area contributed by atoms with Gasteiger partial charge in [0.2, 0.25) is 0 Å². The first-order valence-corrected chi connectivity index (χ1v) is 8.99. The molecule has 2 saturated heterocycles. The van der Waals surface area contributed by atoms with Crippen LogP contribution in [0.4, 0.5) is 5.82 Å². The molecule has 2 aliphatic heterocycles. The van der Waals surface area contributed by atoms with Crippen LogP contribution in [0, 0.1) is 5.92 Å². The third kappa shape index (κ3) is 5.47. The van der Waals surface area contributed by atoms with Gasteiger partial charge in [-0.25, -0.2) is 4.98 Å². The van der Waals surface area contributed by atoms with Crippen LogP contribution in [0.1, 0.15) is 43.0 Å². The van der Waals surface area contributed by atoms with Crippen molar-refractivity contribution in [3.05, 3.63) is 23.9 Å². The molecular weight excluding hydrogens is 359 g/mol. The molecule has 7 heteroatoms. The molecule has 0 unspecified atom stereocenters. The molecular formula is C18H30Cl2N4O. The Hall–Kier alpha value is -1.04. The fourth-order valence-corrected chi connectivity index (χ4v) is 3.60. The van der Waals surface area contributed by atoms with E-state index in [9.17, 15) is 4.79 Å². The van der Waals surface area contributed by atoms with Crippen molar-refractivity contribution in [2.75, 3.05) is 44.2 Å². The van der Waals surface area contributed by atoms with Gasteiger partial charge >= 0.3 is 0 Å². The van der Waals surface area contributed by atoms with Gasteiger partial charge in [0, 0.05) is 32.4 Å². The zero-order valence-corrected chi connectivity index (χ0v) is 16.6. The summed E-state index contributed by atoms with van der Waals surface area (Å²) in [6.07, 6.45) is 6.38. The summed E-state index contributed by atoms with van der Waals surface area (Å²) in [4.78, 5) is 21.7. The van der Waals surface area contributed by atoms with Crippen LogP contribution in [0.3, 0.4) is 0 Å². The number of piperidine rings is 1. The highest BCUT2D eigenvalue weighted by atomic mass is 35.5. The maximum Gasteiger partial charge on any atom is 0.257 e. The highest BCUT2D eigenvalue weighted by Gasteiger charge is 2.27. The van der Waals surface area contributed by atoms with Gasteiger partial charge in [-0.3, -0.25) is 4.79 Å². The van der Waals surface area contributed by atoms with Crippen molar-refractivity contribution in [1.29, 1.82) is 0 Å². The van der Waals surface area contributed by atoms with Gasteiger partial charge in [-0.2, -0.15) is 0 Å². The van der Waals surface area contributed by atoms with Crippen LogP contribution >= 0.6 is 24.8 Å². The Kier molecular flexibility index (Phi) is 9.54. The minimum Gasteiger partial charge on any atom is -0.356 e. The van der Waals surface area contributed by atoms with Gasteiger partial charge in [0.05, 0.1) is 5.56 Å². The minimum atomic E-state index is 0. The Bertz CT molecular complexity index is 530. The Morgan fingerprint density at radius 2 is 1.88 bits per heavy atom. The maximum atomic E-state index is 12.9. The van der Waals surface area contributed by atoms with Gasteiger partial charge in [-0.05, 0) is 56.8 Å². The number of likely N-dealkylation sites (tertiary alicyclic amines) is 1. The molecule has 0 spiro atoms. The number of amides is 1.